The van der Waals surface area contributed by atoms with Crippen LogP contribution in [0.4, 0.5) is 0 Å². The number of thioether (sulfide) groups is 1. The quantitative estimate of drug-likeness (QED) is 0.270. The third-order valence-corrected chi connectivity index (χ3v) is 8.90. The first-order valence-corrected chi connectivity index (χ1v) is 15.5. The van der Waals surface area contributed by atoms with Gasteiger partial charge in [-0.1, -0.05) is 112 Å². The van der Waals surface area contributed by atoms with Crippen molar-refractivity contribution in [3.05, 3.63) is 57.6 Å². The fourth-order valence-electron chi connectivity index (χ4n) is 5.00. The number of unbranched alkanes of at least 4 members (excludes halogenated alkanes) is 5. The van der Waals surface area contributed by atoms with Gasteiger partial charge in [-0.3, -0.25) is 0 Å². The van der Waals surface area contributed by atoms with E-state index in [0.717, 1.165) is 28.7 Å². The van der Waals surface area contributed by atoms with Gasteiger partial charge in [-0.05, 0) is 65.5 Å². The van der Waals surface area contributed by atoms with Crippen LogP contribution >= 0.6 is 11.8 Å². The maximum absolute atomic E-state index is 11.4. The molecule has 0 bridgehead atoms. The van der Waals surface area contributed by atoms with E-state index in [1.54, 1.807) is 0 Å². The van der Waals surface area contributed by atoms with Gasteiger partial charge in [0.05, 0.1) is 0 Å². The van der Waals surface area contributed by atoms with Crippen LogP contribution < -0.4 is 0 Å². The van der Waals surface area contributed by atoms with Crippen LogP contribution in [0.5, 0.6) is 11.5 Å². The fraction of sp³-hybridized carbons (Fsp3) is 0.647. The van der Waals surface area contributed by atoms with Crippen molar-refractivity contribution in [1.29, 1.82) is 0 Å². The molecular formula is C34H54O2S. The van der Waals surface area contributed by atoms with E-state index >= 15 is 0 Å². The Kier molecular flexibility index (Phi) is 11.5. The molecule has 2 aromatic rings. The number of hydrogen-bond donors (Lipinski definition) is 2. The van der Waals surface area contributed by atoms with Crippen LogP contribution in [0.1, 0.15) is 140 Å². The van der Waals surface area contributed by atoms with Gasteiger partial charge < -0.3 is 10.2 Å². The van der Waals surface area contributed by atoms with Crippen LogP contribution in [0.15, 0.2) is 24.3 Å². The van der Waals surface area contributed by atoms with E-state index in [1.807, 2.05) is 25.6 Å². The van der Waals surface area contributed by atoms with Gasteiger partial charge in [-0.15, -0.1) is 0 Å². The predicted octanol–water partition coefficient (Wildman–Crippen LogP) is 10.3. The maximum atomic E-state index is 11.4. The number of phenolic OH excluding ortho intramolecular Hbond substituents is 2. The molecule has 0 heterocycles. The molecule has 37 heavy (non-hydrogen) atoms. The van der Waals surface area contributed by atoms with Crippen molar-refractivity contribution < 1.29 is 10.2 Å². The molecular weight excluding hydrogens is 472 g/mol. The van der Waals surface area contributed by atoms with Crippen LogP contribution in [0.2, 0.25) is 0 Å². The molecule has 208 valence electrons. The molecule has 2 aromatic carbocycles. The standard InChI is InChI=1S/C34H54O2S/c1-11-12-13-14-15-16-17-37-25(4)20-28(29-21-26(33(5,6)7)18-23(2)31(29)35)30-22-27(34(8,9)10)19-24(3)32(30)36/h18-19,21-22,25,28,35-36H,11-17,20H2,1-10H3. The molecule has 1 unspecified atom stereocenters. The van der Waals surface area contributed by atoms with Gasteiger partial charge in [0, 0.05) is 22.3 Å². The first-order valence-electron chi connectivity index (χ1n) is 14.5. The maximum Gasteiger partial charge on any atom is 0.122 e. The van der Waals surface area contributed by atoms with Crippen LogP contribution in [0.3, 0.4) is 0 Å². The first kappa shape index (κ1) is 31.6. The Hall–Kier alpha value is -1.61. The van der Waals surface area contributed by atoms with Gasteiger partial charge >= 0.3 is 0 Å². The van der Waals surface area contributed by atoms with Crippen LogP contribution in [-0.2, 0) is 10.8 Å². The number of rotatable bonds is 12. The minimum absolute atomic E-state index is 0.0267. The molecule has 0 aromatic heterocycles. The van der Waals surface area contributed by atoms with E-state index in [2.05, 4.69) is 79.7 Å². The Bertz CT molecular complexity index is 940. The van der Waals surface area contributed by atoms with Gasteiger partial charge in [-0.2, -0.15) is 11.8 Å². The number of phenols is 2. The van der Waals surface area contributed by atoms with E-state index in [1.165, 1.54) is 55.4 Å². The van der Waals surface area contributed by atoms with Crippen molar-refractivity contribution in [2.45, 2.75) is 136 Å². The largest absolute Gasteiger partial charge is 0.507 e. The van der Waals surface area contributed by atoms with Crippen molar-refractivity contribution in [2.75, 3.05) is 5.75 Å². The first-order chi connectivity index (χ1) is 17.2. The minimum atomic E-state index is -0.0749. The molecule has 0 aliphatic carbocycles. The zero-order valence-electron chi connectivity index (χ0n) is 25.4. The molecule has 1 atom stereocenters. The fourth-order valence-corrected chi connectivity index (χ4v) is 6.10. The molecule has 2 nitrogen and oxygen atoms in total. The van der Waals surface area contributed by atoms with Gasteiger partial charge in [0.2, 0.25) is 0 Å². The zero-order valence-corrected chi connectivity index (χ0v) is 26.2. The van der Waals surface area contributed by atoms with Gasteiger partial charge in [0.15, 0.2) is 0 Å². The summed E-state index contributed by atoms with van der Waals surface area (Å²) in [5, 5.41) is 23.1. The lowest BCUT2D eigenvalue weighted by atomic mass is 9.77. The molecule has 0 aliphatic rings. The molecule has 0 amide bonds. The van der Waals surface area contributed by atoms with Crippen molar-refractivity contribution >= 4 is 11.8 Å². The number of aromatic hydroxyl groups is 2. The topological polar surface area (TPSA) is 40.5 Å². The lowest BCUT2D eigenvalue weighted by molar-refractivity contribution is 0.444. The summed E-state index contributed by atoms with van der Waals surface area (Å²) in [5.41, 5.74) is 6.08. The zero-order chi connectivity index (χ0) is 28.0. The molecule has 0 aliphatic heterocycles. The van der Waals surface area contributed by atoms with E-state index in [4.69, 9.17) is 0 Å². The highest BCUT2D eigenvalue weighted by molar-refractivity contribution is 7.99. The number of benzene rings is 2. The number of hydrogen-bond acceptors (Lipinski definition) is 3. The molecule has 2 N–H and O–H groups in total. The molecule has 2 rings (SSSR count). The minimum Gasteiger partial charge on any atom is -0.507 e. The predicted molar refractivity (Wildman–Crippen MR) is 165 cm³/mol. The monoisotopic (exact) mass is 526 g/mol. The Morgan fingerprint density at radius 3 is 1.57 bits per heavy atom. The Labute approximate surface area is 232 Å². The second kappa shape index (κ2) is 13.5. The van der Waals surface area contributed by atoms with Crippen molar-refractivity contribution in [3.8, 4) is 11.5 Å². The van der Waals surface area contributed by atoms with Crippen LogP contribution in [0.25, 0.3) is 0 Å². The van der Waals surface area contributed by atoms with Gasteiger partial charge in [0.25, 0.3) is 0 Å². The lowest BCUT2D eigenvalue weighted by Crippen LogP contribution is -2.16. The van der Waals surface area contributed by atoms with Gasteiger partial charge in [-0.25, -0.2) is 0 Å². The average Bonchev–Trinajstić information content (AvgIpc) is 2.79. The highest BCUT2D eigenvalue weighted by Gasteiger charge is 2.29. The van der Waals surface area contributed by atoms with E-state index in [9.17, 15) is 10.2 Å². The Morgan fingerprint density at radius 1 is 0.703 bits per heavy atom. The second-order valence-electron chi connectivity index (χ2n) is 13.2. The highest BCUT2D eigenvalue weighted by atomic mass is 32.2. The van der Waals surface area contributed by atoms with Crippen LogP contribution in [-0.4, -0.2) is 21.2 Å². The molecule has 0 spiro atoms. The second-order valence-corrected chi connectivity index (χ2v) is 14.7. The van der Waals surface area contributed by atoms with Crippen molar-refractivity contribution in [2.24, 2.45) is 0 Å². The van der Waals surface area contributed by atoms with Gasteiger partial charge in [0.1, 0.15) is 11.5 Å². The van der Waals surface area contributed by atoms with Crippen molar-refractivity contribution in [3.63, 3.8) is 0 Å². The van der Waals surface area contributed by atoms with E-state index in [-0.39, 0.29) is 16.7 Å². The van der Waals surface area contributed by atoms with Crippen LogP contribution in [0, 0.1) is 13.8 Å². The van der Waals surface area contributed by atoms with Crippen molar-refractivity contribution in [1.82, 2.24) is 0 Å². The highest BCUT2D eigenvalue weighted by Crippen LogP contribution is 2.45. The smallest absolute Gasteiger partial charge is 0.122 e. The Morgan fingerprint density at radius 2 is 1.14 bits per heavy atom. The van der Waals surface area contributed by atoms with E-state index < -0.39 is 0 Å². The summed E-state index contributed by atoms with van der Waals surface area (Å²) in [6, 6.07) is 8.61. The SMILES string of the molecule is CCCCCCCCSC(C)CC(c1cc(C(C)(C)C)cc(C)c1O)c1cc(C(C)(C)C)cc(C)c1O. The molecule has 0 saturated heterocycles. The molecule has 0 saturated carbocycles. The average molecular weight is 527 g/mol. The molecule has 0 fully saturated rings. The molecule has 0 radical (unpaired) electrons. The summed E-state index contributed by atoms with van der Waals surface area (Å²) in [5.74, 6) is 1.82. The normalized spacial score (nSPS) is 13.4. The summed E-state index contributed by atoms with van der Waals surface area (Å²) in [6.45, 7) is 21.9. The third-order valence-electron chi connectivity index (χ3n) is 7.61. The van der Waals surface area contributed by atoms with E-state index in [0.29, 0.717) is 16.7 Å². The summed E-state index contributed by atoms with van der Waals surface area (Å²) in [7, 11) is 0. The lowest BCUT2D eigenvalue weighted by Gasteiger charge is -2.29. The summed E-state index contributed by atoms with van der Waals surface area (Å²) < 4.78 is 0. The third kappa shape index (κ3) is 8.98. The summed E-state index contributed by atoms with van der Waals surface area (Å²) in [4.78, 5) is 0. The number of aryl methyl sites for hydroxylation is 2. The summed E-state index contributed by atoms with van der Waals surface area (Å²) in [6.07, 6.45) is 8.77. The molecule has 3 heteroatoms. The summed E-state index contributed by atoms with van der Waals surface area (Å²) >= 11 is 2.03. The Balaban J connectivity index is 2.47.